The number of benzene rings is 1. The van der Waals surface area contributed by atoms with Crippen LogP contribution in [0.5, 0.6) is 0 Å². The molecule has 17 heavy (non-hydrogen) atoms. The van der Waals surface area contributed by atoms with Crippen LogP contribution < -0.4 is 0 Å². The summed E-state index contributed by atoms with van der Waals surface area (Å²) < 4.78 is 0. The van der Waals surface area contributed by atoms with E-state index in [1.807, 2.05) is 0 Å². The van der Waals surface area contributed by atoms with Crippen LogP contribution >= 0.6 is 0 Å². The van der Waals surface area contributed by atoms with Gasteiger partial charge in [-0.15, -0.1) is 0 Å². The Hall–Kier alpha value is 0.324. The molecule has 91 valence electrons. The normalized spacial score (nSPS) is 24.2. The van der Waals surface area contributed by atoms with E-state index in [9.17, 15) is 0 Å². The molecule has 0 aromatic heterocycles. The topological polar surface area (TPSA) is 0 Å². The second kappa shape index (κ2) is 7.05. The summed E-state index contributed by atoms with van der Waals surface area (Å²) >= 11 is 0. The van der Waals surface area contributed by atoms with E-state index in [-0.39, 0.29) is 32.7 Å². The standard InChI is InChI=1S/C16H23.Y/c1-12-4-6-15(7-5-12)11-16-9-13(2)8-14(3)10-16;/h9-10,12,15H,4-7,11H2,1-3H3;/q-1;. The molecule has 0 unspecified atom stereocenters. The van der Waals surface area contributed by atoms with E-state index in [0.29, 0.717) is 0 Å². The molecule has 1 radical (unpaired) electrons. The van der Waals surface area contributed by atoms with Crippen molar-refractivity contribution in [1.82, 2.24) is 0 Å². The predicted molar refractivity (Wildman–Crippen MR) is 69.6 cm³/mol. The summed E-state index contributed by atoms with van der Waals surface area (Å²) in [5, 5.41) is 0. The van der Waals surface area contributed by atoms with Crippen LogP contribution in [0, 0.1) is 31.7 Å². The molecule has 1 fully saturated rings. The molecule has 0 spiro atoms. The summed E-state index contributed by atoms with van der Waals surface area (Å²) in [5.41, 5.74) is 4.10. The quantitative estimate of drug-likeness (QED) is 0.707. The monoisotopic (exact) mass is 304 g/mol. The van der Waals surface area contributed by atoms with Crippen molar-refractivity contribution in [2.75, 3.05) is 0 Å². The minimum atomic E-state index is 0. The van der Waals surface area contributed by atoms with E-state index in [4.69, 9.17) is 0 Å². The van der Waals surface area contributed by atoms with Crippen LogP contribution in [0.2, 0.25) is 0 Å². The maximum absolute atomic E-state index is 3.35. The van der Waals surface area contributed by atoms with Crippen LogP contribution in [0.3, 0.4) is 0 Å². The zero-order valence-corrected chi connectivity index (χ0v) is 14.3. The SMILES string of the molecule is Cc1[c-]c(C)cc(CC2CCC(C)CC2)c1.[Y]. The first-order valence-electron chi connectivity index (χ1n) is 6.63. The summed E-state index contributed by atoms with van der Waals surface area (Å²) in [4.78, 5) is 0. The first-order chi connectivity index (χ1) is 7.63. The van der Waals surface area contributed by atoms with Gasteiger partial charge in [-0.2, -0.15) is 34.9 Å². The molecule has 0 saturated heterocycles. The van der Waals surface area contributed by atoms with Crippen LogP contribution in [0.15, 0.2) is 12.1 Å². The van der Waals surface area contributed by atoms with Crippen molar-refractivity contribution < 1.29 is 32.7 Å². The molecule has 1 aromatic carbocycles. The fourth-order valence-electron chi connectivity index (χ4n) is 2.97. The molecule has 0 N–H and O–H groups in total. The van der Waals surface area contributed by atoms with Gasteiger partial charge in [-0.25, -0.2) is 0 Å². The van der Waals surface area contributed by atoms with Gasteiger partial charge in [0.15, 0.2) is 0 Å². The Balaban J connectivity index is 0.00000144. The summed E-state index contributed by atoms with van der Waals surface area (Å²) in [5.74, 6) is 1.89. The number of rotatable bonds is 2. The van der Waals surface area contributed by atoms with E-state index in [0.717, 1.165) is 11.8 Å². The molecular formula is C16H23Y-. The Morgan fingerprint density at radius 3 is 2.12 bits per heavy atom. The van der Waals surface area contributed by atoms with Gasteiger partial charge in [-0.1, -0.05) is 33.6 Å². The number of hydrogen-bond donors (Lipinski definition) is 0. The number of aryl methyl sites for hydroxylation is 2. The van der Waals surface area contributed by atoms with Crippen LogP contribution in [-0.2, 0) is 39.1 Å². The first-order valence-corrected chi connectivity index (χ1v) is 6.63. The van der Waals surface area contributed by atoms with Crippen molar-refractivity contribution in [1.29, 1.82) is 0 Å². The predicted octanol–water partition coefficient (Wildman–Crippen LogP) is 4.47. The fourth-order valence-corrected chi connectivity index (χ4v) is 2.97. The Morgan fingerprint density at radius 2 is 1.59 bits per heavy atom. The summed E-state index contributed by atoms with van der Waals surface area (Å²) in [6, 6.07) is 7.98. The van der Waals surface area contributed by atoms with E-state index < -0.39 is 0 Å². The van der Waals surface area contributed by atoms with Gasteiger partial charge >= 0.3 is 0 Å². The summed E-state index contributed by atoms with van der Waals surface area (Å²) in [6.45, 7) is 6.70. The Morgan fingerprint density at radius 1 is 1.06 bits per heavy atom. The molecule has 1 aromatic rings. The van der Waals surface area contributed by atoms with Crippen LogP contribution in [0.4, 0.5) is 0 Å². The van der Waals surface area contributed by atoms with Gasteiger partial charge in [-0.3, -0.25) is 0 Å². The second-order valence-corrected chi connectivity index (χ2v) is 5.68. The zero-order chi connectivity index (χ0) is 11.5. The number of hydrogen-bond acceptors (Lipinski definition) is 0. The Kier molecular flexibility index (Phi) is 6.38. The molecular weight excluding hydrogens is 281 g/mol. The smallest absolute Gasteiger partial charge is 0 e. The largest absolute Gasteiger partial charge is 0.177 e. The maximum atomic E-state index is 3.35. The van der Waals surface area contributed by atoms with Gasteiger partial charge in [0.1, 0.15) is 0 Å². The van der Waals surface area contributed by atoms with Crippen LogP contribution in [0.1, 0.15) is 49.3 Å². The van der Waals surface area contributed by atoms with Gasteiger partial charge in [-0.05, 0) is 31.1 Å². The van der Waals surface area contributed by atoms with E-state index in [1.54, 1.807) is 0 Å². The molecule has 0 bridgehead atoms. The van der Waals surface area contributed by atoms with Crippen molar-refractivity contribution in [2.45, 2.75) is 52.9 Å². The Labute approximate surface area is 131 Å². The molecule has 2 rings (SSSR count). The Bertz CT molecular complexity index is 328. The fraction of sp³-hybridized carbons (Fsp3) is 0.625. The first kappa shape index (κ1) is 15.4. The average Bonchev–Trinajstić information content (AvgIpc) is 2.20. The third-order valence-corrected chi connectivity index (χ3v) is 3.86. The van der Waals surface area contributed by atoms with Gasteiger partial charge in [0.2, 0.25) is 0 Å². The average molecular weight is 304 g/mol. The third kappa shape index (κ3) is 4.83. The van der Waals surface area contributed by atoms with Gasteiger partial charge in [0.05, 0.1) is 0 Å². The molecule has 0 nitrogen and oxygen atoms in total. The second-order valence-electron chi connectivity index (χ2n) is 5.68. The van der Waals surface area contributed by atoms with E-state index >= 15 is 0 Å². The zero-order valence-electron chi connectivity index (χ0n) is 11.4. The van der Waals surface area contributed by atoms with E-state index in [1.165, 1.54) is 48.8 Å². The molecule has 1 heteroatoms. The third-order valence-electron chi connectivity index (χ3n) is 3.86. The minimum Gasteiger partial charge on any atom is -0.177 e. The maximum Gasteiger partial charge on any atom is 0 e. The molecule has 0 aliphatic heterocycles. The minimum absolute atomic E-state index is 0. The molecule has 0 atom stereocenters. The van der Waals surface area contributed by atoms with Gasteiger partial charge < -0.3 is 0 Å². The molecule has 1 aliphatic rings. The van der Waals surface area contributed by atoms with Crippen molar-refractivity contribution in [3.05, 3.63) is 34.9 Å². The van der Waals surface area contributed by atoms with Gasteiger partial charge in [0, 0.05) is 32.7 Å². The van der Waals surface area contributed by atoms with Crippen LogP contribution in [0.25, 0.3) is 0 Å². The van der Waals surface area contributed by atoms with Crippen molar-refractivity contribution >= 4 is 0 Å². The van der Waals surface area contributed by atoms with Crippen LogP contribution in [-0.4, -0.2) is 0 Å². The van der Waals surface area contributed by atoms with Crippen molar-refractivity contribution in [3.8, 4) is 0 Å². The summed E-state index contributed by atoms with van der Waals surface area (Å²) in [6.07, 6.45) is 7.00. The van der Waals surface area contributed by atoms with E-state index in [2.05, 4.69) is 39.0 Å². The summed E-state index contributed by atoms with van der Waals surface area (Å²) in [7, 11) is 0. The molecule has 0 amide bonds. The van der Waals surface area contributed by atoms with Crippen molar-refractivity contribution in [3.63, 3.8) is 0 Å². The molecule has 0 heterocycles. The van der Waals surface area contributed by atoms with Gasteiger partial charge in [0.25, 0.3) is 0 Å². The molecule has 1 saturated carbocycles. The van der Waals surface area contributed by atoms with Crippen molar-refractivity contribution in [2.24, 2.45) is 11.8 Å². The molecule has 1 aliphatic carbocycles.